The van der Waals surface area contributed by atoms with Crippen molar-refractivity contribution in [2.75, 3.05) is 128 Å². The maximum Gasteiger partial charge on any atom is 0.254 e. The average Bonchev–Trinajstić information content (AvgIpc) is 1.70. The normalized spacial score (nSPS) is 12.7. The molecular weight excluding hydrogens is 2200 g/mol. The summed E-state index contributed by atoms with van der Waals surface area (Å²) < 4.78 is 0. The first-order chi connectivity index (χ1) is 54.7. The zero-order valence-electron chi connectivity index (χ0n) is 88.2. The number of thioether (sulfide) groups is 1. The second-order valence-corrected chi connectivity index (χ2v) is 30.9. The Balaban J connectivity index is -0.0000000767. The van der Waals surface area contributed by atoms with Crippen molar-refractivity contribution in [2.45, 2.75) is 206 Å². The quantitative estimate of drug-likeness (QED) is 0.138. The van der Waals surface area contributed by atoms with Crippen molar-refractivity contribution < 1.29 is 266 Å². The molecule has 0 unspecified atom stereocenters. The number of rotatable bonds is 0. The molecule has 0 N–H and O–H groups in total. The third-order valence-electron chi connectivity index (χ3n) is 18.2. The molecule has 8 aromatic carbocycles. The van der Waals surface area contributed by atoms with Crippen LogP contribution in [0.25, 0.3) is 0 Å². The van der Waals surface area contributed by atoms with E-state index in [1.807, 2.05) is 205 Å². The van der Waals surface area contributed by atoms with Gasteiger partial charge >= 0.3 is 0 Å². The molecule has 1 amide bonds. The molecule has 0 saturated carbocycles. The van der Waals surface area contributed by atoms with E-state index in [4.69, 9.17) is 0 Å². The molecule has 8 aliphatic heterocycles. The van der Waals surface area contributed by atoms with Gasteiger partial charge in [-0.05, 0) is 184 Å². The summed E-state index contributed by atoms with van der Waals surface area (Å²) in [6.45, 7) is 44.5. The van der Waals surface area contributed by atoms with E-state index in [-0.39, 0.29) is 327 Å². The van der Waals surface area contributed by atoms with Crippen LogP contribution in [0.1, 0.15) is 202 Å². The number of hydrogen-bond acceptors (Lipinski definition) is 9. The number of aryl methyl sites for hydroxylation is 3. The zero-order chi connectivity index (χ0) is 84.0. The van der Waals surface area contributed by atoms with Gasteiger partial charge in [-0.2, -0.15) is 111 Å². The van der Waals surface area contributed by atoms with Gasteiger partial charge in [0.1, 0.15) is 0 Å². The second kappa shape index (κ2) is 110. The Labute approximate surface area is 1010 Å². The van der Waals surface area contributed by atoms with E-state index in [2.05, 4.69) is 253 Å². The number of anilines is 4. The van der Waals surface area contributed by atoms with Crippen molar-refractivity contribution in [3.8, 4) is 0 Å². The van der Waals surface area contributed by atoms with Gasteiger partial charge in [0, 0.05) is 396 Å². The molecular formula is C111H180N8OSY8-16. The molecule has 0 aromatic heterocycles. The number of likely N-dealkylation sites (N-methyl/N-ethyl adjacent to an activating group) is 2. The van der Waals surface area contributed by atoms with Gasteiger partial charge < -0.3 is 145 Å². The second-order valence-electron chi connectivity index (χ2n) is 29.8. The minimum atomic E-state index is 0. The molecule has 0 saturated heterocycles. The third-order valence-corrected chi connectivity index (χ3v) is 19.2. The fourth-order valence-electron chi connectivity index (χ4n) is 13.0. The van der Waals surface area contributed by atoms with Crippen molar-refractivity contribution in [3.63, 3.8) is 0 Å². The van der Waals surface area contributed by atoms with Crippen LogP contribution < -0.4 is 19.6 Å². The topological polar surface area (TPSA) is 43.0 Å². The maximum absolute atomic E-state index is 11.3. The largest absolute Gasteiger partial charge is 0.374 e. The van der Waals surface area contributed by atoms with E-state index in [1.165, 1.54) is 177 Å². The summed E-state index contributed by atoms with van der Waals surface area (Å²) in [5.74, 6) is 1.36. The first kappa shape index (κ1) is 167. The number of hydrogen-bond donors (Lipinski definition) is 0. The van der Waals surface area contributed by atoms with Gasteiger partial charge in [0.05, 0.1) is 5.69 Å². The number of fused-ring (bicyclic) bond motifs is 8. The summed E-state index contributed by atoms with van der Waals surface area (Å²) in [7, 11) is 17.0. The predicted octanol–water partition coefficient (Wildman–Crippen LogP) is 28.5. The Morgan fingerprint density at radius 1 is 0.225 bits per heavy atom. The van der Waals surface area contributed by atoms with Gasteiger partial charge in [0.2, 0.25) is 0 Å². The van der Waals surface area contributed by atoms with E-state index in [0.29, 0.717) is 0 Å². The van der Waals surface area contributed by atoms with Crippen LogP contribution in [0.4, 0.5) is 22.7 Å². The van der Waals surface area contributed by atoms with E-state index in [0.717, 1.165) is 37.3 Å². The fourth-order valence-corrected chi connectivity index (χ4v) is 14.1. The number of carbonyl (C=O) groups excluding carboxylic acids is 1. The molecule has 0 bridgehead atoms. The third kappa shape index (κ3) is 73.3. The van der Waals surface area contributed by atoms with Crippen LogP contribution in [0.2, 0.25) is 0 Å². The molecule has 0 atom stereocenters. The number of nitrogens with zero attached hydrogens (tertiary/aromatic N) is 8. The molecule has 0 aliphatic carbocycles. The molecule has 18 heteroatoms. The summed E-state index contributed by atoms with van der Waals surface area (Å²) in [4.78, 5) is 30.9. The van der Waals surface area contributed by atoms with Crippen LogP contribution >= 0.6 is 11.8 Å². The summed E-state index contributed by atoms with van der Waals surface area (Å²) in [6, 6.07) is 68.5. The van der Waals surface area contributed by atoms with Gasteiger partial charge in [0.25, 0.3) is 5.91 Å². The van der Waals surface area contributed by atoms with Crippen LogP contribution in [0, 0.1) is 111 Å². The van der Waals surface area contributed by atoms with E-state index in [9.17, 15) is 4.79 Å². The van der Waals surface area contributed by atoms with Crippen molar-refractivity contribution in [1.82, 2.24) is 19.6 Å². The van der Waals surface area contributed by atoms with Gasteiger partial charge in [-0.15, -0.1) is 11.8 Å². The molecule has 8 heterocycles. The van der Waals surface area contributed by atoms with Crippen LogP contribution in [-0.4, -0.2) is 133 Å². The Morgan fingerprint density at radius 3 is 0.860 bits per heavy atom. The minimum absolute atomic E-state index is 0. The van der Waals surface area contributed by atoms with Gasteiger partial charge in [-0.3, -0.25) is 9.69 Å². The zero-order valence-corrected chi connectivity index (χ0v) is 112. The molecule has 716 valence electrons. The molecule has 129 heavy (non-hydrogen) atoms. The van der Waals surface area contributed by atoms with E-state index < -0.39 is 0 Å². The van der Waals surface area contributed by atoms with Crippen LogP contribution in [0.15, 0.2) is 199 Å². The molecule has 8 aromatic rings. The van der Waals surface area contributed by atoms with Crippen LogP contribution in [0.3, 0.4) is 0 Å². The molecule has 8 radical (unpaired) electrons. The number of carbonyl (C=O) groups is 1. The summed E-state index contributed by atoms with van der Waals surface area (Å²) in [5.41, 5.74) is 21.2. The summed E-state index contributed by atoms with van der Waals surface area (Å²) in [6.07, 6.45) is 28.7. The van der Waals surface area contributed by atoms with E-state index in [1.54, 1.807) is 21.6 Å². The van der Waals surface area contributed by atoms with Crippen LogP contribution in [0.5, 0.6) is 0 Å². The maximum atomic E-state index is 11.3. The van der Waals surface area contributed by atoms with Crippen molar-refractivity contribution in [1.29, 1.82) is 0 Å². The molecule has 0 spiro atoms. The van der Waals surface area contributed by atoms with Gasteiger partial charge in [0.15, 0.2) is 0 Å². The Hall–Kier alpha value is 1.49. The fraction of sp³-hybridized carbons (Fsp3) is 0.414. The SMILES string of the molecule is CN1CCCCc2ccccc21.CN1CCCc2ccccc21.CN1CCCc2ccccc2C1.CN1CCSc2ccccc21.CN1CCc2ccccc21.CN1CCc2ccccc2CC1.CN1Cc2ccccc2C1.CN1Cc2ccccc2C1=O.C[CH-]C.C[CH-]C.C[CH-]C.C[CH-]C.C[CH-]C.C[CH-]C.C[CH-]C.C[CH-]C.[CH3-].[CH3-].[CH3-].[CH3-].[CH3-].[CH3-].[CH3-].[CH3-].[Y].[Y].[Y].[Y].[Y].[Y].[Y].[Y]. The monoisotopic (exact) mass is 2380 g/mol. The van der Waals surface area contributed by atoms with E-state index >= 15 is 0 Å². The predicted molar refractivity (Wildman–Crippen MR) is 557 cm³/mol. The van der Waals surface area contributed by atoms with Crippen LogP contribution in [-0.2, 0) is 326 Å². The Kier molecular flexibility index (Phi) is 142. The molecule has 9 nitrogen and oxygen atoms in total. The first-order valence-corrected chi connectivity index (χ1v) is 43.0. The summed E-state index contributed by atoms with van der Waals surface area (Å²) >= 11 is 1.95. The molecule has 8 aliphatic rings. The first-order valence-electron chi connectivity index (χ1n) is 42.0. The Morgan fingerprint density at radius 2 is 0.481 bits per heavy atom. The number of amides is 1. The standard InChI is InChI=1S/3C11H15N.C10H13N.C9H9NO.C9H11NS.2C9H11N.8C3H7.8CH3.8Y/c1-12-9-5-4-7-10-6-2-3-8-11(10)12;1-12-8-4-7-10-5-2-3-6-11(10)9-12;1-12-8-6-10-4-2-3-5-11(10)7-9-12;1-11-8-4-6-9-5-2-3-7-10(9)11;1-10-6-7-4-2-3-5-8(7)9(10)11;1-10-6-7-11-9-5-3-2-4-8(9)10;1-10-6-8-4-2-3-5-9(8)7-10;1-10-7-6-8-4-2-3-5-9(8)10;8*1-3-2;;;;;;;;;;;;;;;;/h2-3,6,8H,4-5,7,9H2,1H3;2-3,5-6H,4,7-9H2,1H3;2-5H,6-9H2,1H3;2-3,5,7H,4,6,8H2,1H3;2-5H,6H2,1H3;2-5H,6-7H2,1H3;2*2-5H,6-7H2,1H3;8*3H,1-2H3;8*1H3;;;;;;;;/q;;;;;;;;16*-1;;;;;;;;. The van der Waals surface area contributed by atoms with Crippen molar-refractivity contribution in [2.24, 2.45) is 0 Å². The van der Waals surface area contributed by atoms with Crippen molar-refractivity contribution >= 4 is 40.4 Å². The molecule has 16 rings (SSSR count). The summed E-state index contributed by atoms with van der Waals surface area (Å²) in [5, 5.41) is 0. The Bertz CT molecular complexity index is 3540. The smallest absolute Gasteiger partial charge is 0.254 e. The minimum Gasteiger partial charge on any atom is -0.374 e. The van der Waals surface area contributed by atoms with Gasteiger partial charge in [-0.1, -0.05) is 158 Å². The average molecular weight is 2390 g/mol. The molecule has 0 fully saturated rings. The number of para-hydroxylation sites is 4. The van der Waals surface area contributed by atoms with Gasteiger partial charge in [-0.25, -0.2) is 0 Å². The van der Waals surface area contributed by atoms with Crippen molar-refractivity contribution in [3.05, 3.63) is 366 Å². The number of benzene rings is 8.